The Morgan fingerprint density at radius 1 is 1.32 bits per heavy atom. The van der Waals surface area contributed by atoms with E-state index in [1.807, 2.05) is 10.6 Å². The van der Waals surface area contributed by atoms with Crippen molar-refractivity contribution in [3.8, 4) is 22.9 Å². The van der Waals surface area contributed by atoms with E-state index in [1.54, 1.807) is 43.8 Å². The molecule has 0 radical (unpaired) electrons. The zero-order chi connectivity index (χ0) is 22.4. The van der Waals surface area contributed by atoms with Crippen molar-refractivity contribution in [1.82, 2.24) is 14.8 Å². The fourth-order valence-corrected chi connectivity index (χ4v) is 4.91. The summed E-state index contributed by atoms with van der Waals surface area (Å²) < 4.78 is 12.6. The number of rotatable bonds is 10. The molecule has 1 aromatic carbocycles. The molecule has 2 aromatic heterocycles. The Kier molecular flexibility index (Phi) is 7.75. The molecule has 0 unspecified atom stereocenters. The first kappa shape index (κ1) is 22.9. The third kappa shape index (κ3) is 5.11. The molecule has 0 fully saturated rings. The number of anilines is 1. The summed E-state index contributed by atoms with van der Waals surface area (Å²) in [6.45, 7) is 8.68. The number of carbonyl (C=O) groups is 1. The summed E-state index contributed by atoms with van der Waals surface area (Å²) in [5.74, 6) is 2.01. The van der Waals surface area contributed by atoms with Crippen LogP contribution in [0.4, 0.5) is 5.69 Å². The summed E-state index contributed by atoms with van der Waals surface area (Å²) >= 11 is 3.05. The number of carbonyl (C=O) groups excluding carboxylic acids is 1. The SMILES string of the molecule is C=CCn1c(SCC(=O)Nc2cc(OC)ccc2OC)nnc1-c1csc(C)c1CC. The largest absolute Gasteiger partial charge is 0.497 e. The Balaban J connectivity index is 1.77. The number of nitrogens with one attached hydrogen (secondary N) is 1. The highest BCUT2D eigenvalue weighted by atomic mass is 32.2. The van der Waals surface area contributed by atoms with Gasteiger partial charge in [-0.2, -0.15) is 0 Å². The molecule has 1 amide bonds. The van der Waals surface area contributed by atoms with E-state index in [9.17, 15) is 4.79 Å². The first-order valence-electron chi connectivity index (χ1n) is 9.78. The zero-order valence-electron chi connectivity index (χ0n) is 18.1. The lowest BCUT2D eigenvalue weighted by atomic mass is 10.1. The molecule has 0 saturated heterocycles. The number of methoxy groups -OCH3 is 2. The average molecular weight is 459 g/mol. The van der Waals surface area contributed by atoms with Crippen molar-refractivity contribution in [2.75, 3.05) is 25.3 Å². The molecular formula is C22H26N4O3S2. The van der Waals surface area contributed by atoms with Gasteiger partial charge in [0.25, 0.3) is 0 Å². The number of hydrogen-bond donors (Lipinski definition) is 1. The minimum absolute atomic E-state index is 0.174. The number of thioether (sulfide) groups is 1. The molecule has 0 aliphatic rings. The van der Waals surface area contributed by atoms with E-state index in [0.29, 0.717) is 28.9 Å². The average Bonchev–Trinajstić information content (AvgIpc) is 3.34. The van der Waals surface area contributed by atoms with Gasteiger partial charge in [0.15, 0.2) is 11.0 Å². The van der Waals surface area contributed by atoms with Crippen molar-refractivity contribution in [3.05, 3.63) is 46.7 Å². The minimum Gasteiger partial charge on any atom is -0.497 e. The molecule has 0 atom stereocenters. The summed E-state index contributed by atoms with van der Waals surface area (Å²) in [7, 11) is 3.13. The molecular weight excluding hydrogens is 432 g/mol. The van der Waals surface area contributed by atoms with Crippen molar-refractivity contribution in [1.29, 1.82) is 0 Å². The summed E-state index contributed by atoms with van der Waals surface area (Å²) in [6, 6.07) is 5.26. The molecule has 0 saturated carbocycles. The smallest absolute Gasteiger partial charge is 0.234 e. The monoisotopic (exact) mass is 458 g/mol. The van der Waals surface area contributed by atoms with Crippen LogP contribution in [0, 0.1) is 6.92 Å². The maximum Gasteiger partial charge on any atom is 0.234 e. The highest BCUT2D eigenvalue weighted by Gasteiger charge is 2.19. The highest BCUT2D eigenvalue weighted by Crippen LogP contribution is 2.33. The Bertz CT molecular complexity index is 1070. The van der Waals surface area contributed by atoms with Crippen molar-refractivity contribution in [2.24, 2.45) is 0 Å². The van der Waals surface area contributed by atoms with E-state index in [0.717, 1.165) is 17.8 Å². The summed E-state index contributed by atoms with van der Waals surface area (Å²) in [5.41, 5.74) is 2.93. The van der Waals surface area contributed by atoms with Crippen molar-refractivity contribution < 1.29 is 14.3 Å². The predicted octanol–water partition coefficient (Wildman–Crippen LogP) is 4.81. The van der Waals surface area contributed by atoms with Gasteiger partial charge in [-0.25, -0.2) is 0 Å². The fraction of sp³-hybridized carbons (Fsp3) is 0.318. The van der Waals surface area contributed by atoms with Gasteiger partial charge in [0.2, 0.25) is 5.91 Å². The van der Waals surface area contributed by atoms with Gasteiger partial charge >= 0.3 is 0 Å². The minimum atomic E-state index is -0.174. The van der Waals surface area contributed by atoms with Gasteiger partial charge < -0.3 is 14.8 Å². The Labute approximate surface area is 190 Å². The van der Waals surface area contributed by atoms with Crippen molar-refractivity contribution >= 4 is 34.7 Å². The van der Waals surface area contributed by atoms with E-state index >= 15 is 0 Å². The van der Waals surface area contributed by atoms with Gasteiger partial charge in [-0.3, -0.25) is 9.36 Å². The quantitative estimate of drug-likeness (QED) is 0.347. The van der Waals surface area contributed by atoms with Gasteiger partial charge in [0.05, 0.1) is 25.7 Å². The van der Waals surface area contributed by atoms with Crippen LogP contribution in [0.25, 0.3) is 11.4 Å². The number of benzene rings is 1. The molecule has 3 rings (SSSR count). The lowest BCUT2D eigenvalue weighted by Crippen LogP contribution is -2.15. The Hall–Kier alpha value is -2.78. The molecule has 2 heterocycles. The van der Waals surface area contributed by atoms with Gasteiger partial charge in [-0.05, 0) is 31.0 Å². The third-order valence-electron chi connectivity index (χ3n) is 4.74. The second kappa shape index (κ2) is 10.5. The first-order valence-corrected chi connectivity index (χ1v) is 11.6. The van der Waals surface area contributed by atoms with Crippen LogP contribution in [0.2, 0.25) is 0 Å². The normalized spacial score (nSPS) is 10.7. The molecule has 0 bridgehead atoms. The Morgan fingerprint density at radius 2 is 2.13 bits per heavy atom. The summed E-state index contributed by atoms with van der Waals surface area (Å²) in [5, 5.41) is 14.4. The zero-order valence-corrected chi connectivity index (χ0v) is 19.7. The third-order valence-corrected chi connectivity index (χ3v) is 6.66. The number of thiophene rings is 1. The number of aryl methyl sites for hydroxylation is 1. The van der Waals surface area contributed by atoms with E-state index < -0.39 is 0 Å². The number of amides is 1. The van der Waals surface area contributed by atoms with Crippen molar-refractivity contribution in [3.63, 3.8) is 0 Å². The van der Waals surface area contributed by atoms with Crippen LogP contribution in [0.5, 0.6) is 11.5 Å². The standard InChI is InChI=1S/C22H26N4O3S2/c1-6-10-26-21(17-12-30-14(3)16(17)7-2)24-25-22(26)31-13-20(27)23-18-11-15(28-4)8-9-19(18)29-5/h6,8-9,11-12H,1,7,10,13H2,2-5H3,(H,23,27). The molecule has 31 heavy (non-hydrogen) atoms. The van der Waals surface area contributed by atoms with Crippen molar-refractivity contribution in [2.45, 2.75) is 32.0 Å². The van der Waals surface area contributed by atoms with Gasteiger partial charge in [0.1, 0.15) is 11.5 Å². The van der Waals surface area contributed by atoms with Gasteiger partial charge in [-0.1, -0.05) is 24.8 Å². The van der Waals surface area contributed by atoms with E-state index in [2.05, 4.69) is 41.3 Å². The topological polar surface area (TPSA) is 78.3 Å². The Morgan fingerprint density at radius 3 is 2.81 bits per heavy atom. The fourth-order valence-electron chi connectivity index (χ4n) is 3.22. The van der Waals surface area contributed by atoms with Crippen LogP contribution in [-0.2, 0) is 17.8 Å². The highest BCUT2D eigenvalue weighted by molar-refractivity contribution is 7.99. The second-order valence-corrected chi connectivity index (χ2v) is 8.67. The van der Waals surface area contributed by atoms with Crippen LogP contribution < -0.4 is 14.8 Å². The number of hydrogen-bond acceptors (Lipinski definition) is 7. The molecule has 0 aliphatic heterocycles. The molecule has 0 aliphatic carbocycles. The van der Waals surface area contributed by atoms with E-state index in [4.69, 9.17) is 9.47 Å². The molecule has 0 spiro atoms. The van der Waals surface area contributed by atoms with Crippen LogP contribution in [-0.4, -0.2) is 40.6 Å². The van der Waals surface area contributed by atoms with Gasteiger partial charge in [-0.15, -0.1) is 28.1 Å². The lowest BCUT2D eigenvalue weighted by molar-refractivity contribution is -0.113. The molecule has 7 nitrogen and oxygen atoms in total. The second-order valence-electron chi connectivity index (χ2n) is 6.65. The van der Waals surface area contributed by atoms with E-state index in [-0.39, 0.29) is 11.7 Å². The van der Waals surface area contributed by atoms with Crippen LogP contribution in [0.1, 0.15) is 17.4 Å². The van der Waals surface area contributed by atoms with Crippen LogP contribution >= 0.6 is 23.1 Å². The molecule has 3 aromatic rings. The number of nitrogens with zero attached hydrogens (tertiary/aromatic N) is 3. The molecule has 9 heteroatoms. The molecule has 1 N–H and O–H groups in total. The maximum absolute atomic E-state index is 12.6. The van der Waals surface area contributed by atoms with Crippen LogP contribution in [0.15, 0.2) is 41.4 Å². The maximum atomic E-state index is 12.6. The predicted molar refractivity (Wildman–Crippen MR) is 127 cm³/mol. The van der Waals surface area contributed by atoms with Gasteiger partial charge in [0, 0.05) is 28.4 Å². The number of aromatic nitrogens is 3. The number of ether oxygens (including phenoxy) is 2. The summed E-state index contributed by atoms with van der Waals surface area (Å²) in [6.07, 6.45) is 2.74. The molecule has 164 valence electrons. The lowest BCUT2D eigenvalue weighted by Gasteiger charge is -2.12. The van der Waals surface area contributed by atoms with E-state index in [1.165, 1.54) is 22.2 Å². The summed E-state index contributed by atoms with van der Waals surface area (Å²) in [4.78, 5) is 13.9. The van der Waals surface area contributed by atoms with Crippen LogP contribution in [0.3, 0.4) is 0 Å². The first-order chi connectivity index (χ1) is 15.0. The number of allylic oxidation sites excluding steroid dienone is 1.